The number of benzene rings is 3. The van der Waals surface area contributed by atoms with Gasteiger partial charge in [0, 0.05) is 0 Å². The molecule has 35 heavy (non-hydrogen) atoms. The van der Waals surface area contributed by atoms with Crippen LogP contribution in [0, 0.1) is 18.1 Å². The second-order valence-electron chi connectivity index (χ2n) is 8.01. The van der Waals surface area contributed by atoms with Gasteiger partial charge in [0.1, 0.15) is 0 Å². The Morgan fingerprint density at radius 3 is 2.37 bits per heavy atom. The molecule has 0 spiro atoms. The molecule has 0 saturated heterocycles. The summed E-state index contributed by atoms with van der Waals surface area (Å²) < 4.78 is 2.25. The van der Waals surface area contributed by atoms with Gasteiger partial charge in [-0.2, -0.15) is 58.9 Å². The first-order chi connectivity index (χ1) is 16.2. The molecule has 0 bridgehead atoms. The zero-order chi connectivity index (χ0) is 22.9. The van der Waals surface area contributed by atoms with E-state index in [0.717, 1.165) is 12.8 Å². The topological polar surface area (TPSA) is 0 Å². The Morgan fingerprint density at radius 2 is 1.69 bits per heavy atom. The first-order valence-electron chi connectivity index (χ1n) is 11.2. The van der Waals surface area contributed by atoms with Crippen LogP contribution in [0.15, 0.2) is 102 Å². The summed E-state index contributed by atoms with van der Waals surface area (Å²) in [6.07, 6.45) is 9.86. The van der Waals surface area contributed by atoms with Gasteiger partial charge in [-0.1, -0.05) is 59.7 Å². The number of hydrogen-bond acceptors (Lipinski definition) is 1. The van der Waals surface area contributed by atoms with Gasteiger partial charge in [-0.3, -0.25) is 0 Å². The number of rotatable bonds is 3. The minimum atomic E-state index is 0. The normalized spacial score (nSPS) is 13.9. The SMILES string of the molecule is CC1[C-]=C(c2ccsc2)C=C1.[Cl-].[Cl-].[Zr+2]=[CH]Cc1ccccc1.[c-]1cccc2c1Cc1ccccc1-2. The molecule has 0 aliphatic heterocycles. The number of halogens is 2. The molecule has 2 aliphatic carbocycles. The van der Waals surface area contributed by atoms with Crippen molar-refractivity contribution in [2.75, 3.05) is 0 Å². The first kappa shape index (κ1) is 29.4. The molecular weight excluding hydrogens is 567 g/mol. The van der Waals surface area contributed by atoms with Crippen LogP contribution in [0.1, 0.15) is 29.2 Å². The largest absolute Gasteiger partial charge is 0.179 e. The van der Waals surface area contributed by atoms with Crippen molar-refractivity contribution in [3.05, 3.63) is 136 Å². The summed E-state index contributed by atoms with van der Waals surface area (Å²) >= 11 is 3.24. The fourth-order valence-electron chi connectivity index (χ4n) is 3.91. The quantitative estimate of drug-likeness (QED) is 0.281. The van der Waals surface area contributed by atoms with Crippen LogP contribution < -0.4 is 24.8 Å². The Hall–Kier alpha value is -1.83. The van der Waals surface area contributed by atoms with Crippen molar-refractivity contribution in [1.82, 2.24) is 0 Å². The van der Waals surface area contributed by atoms with E-state index in [-0.39, 0.29) is 24.8 Å². The molecule has 4 heteroatoms. The Morgan fingerprint density at radius 1 is 0.943 bits per heavy atom. The van der Waals surface area contributed by atoms with Crippen molar-refractivity contribution in [2.24, 2.45) is 5.92 Å². The molecule has 3 aromatic carbocycles. The molecule has 0 fully saturated rings. The van der Waals surface area contributed by atoms with Gasteiger partial charge in [0.05, 0.1) is 0 Å². The van der Waals surface area contributed by atoms with Crippen LogP contribution in [0.5, 0.6) is 0 Å². The molecule has 6 rings (SSSR count). The maximum atomic E-state index is 3.37. The first-order valence-corrected chi connectivity index (χ1v) is 13.6. The maximum absolute atomic E-state index is 3.37. The van der Waals surface area contributed by atoms with Crippen molar-refractivity contribution in [1.29, 1.82) is 0 Å². The standard InChI is InChI=1S/C13H9.C10H9S.C8H8.2ClH.Zr/c1-3-7-12-10(5-1)9-11-6-2-4-8-13(11)12;1-8-2-3-9(6-8)10-4-5-11-7-10;1-2-8-6-4-3-5-7-8;;;/h1-5,7-8H,9H2;2-5,7-8H,1H3;1,3-7H,2H2;2*1H;/q2*-1;;;;+2/p-2. The van der Waals surface area contributed by atoms with E-state index in [9.17, 15) is 0 Å². The molecular formula is C31H26Cl2SZr-2. The molecule has 176 valence electrons. The van der Waals surface area contributed by atoms with Crippen LogP contribution >= 0.6 is 11.3 Å². The molecule has 4 aromatic rings. The van der Waals surface area contributed by atoms with Gasteiger partial charge in [-0.15, -0.1) is 17.2 Å². The van der Waals surface area contributed by atoms with E-state index in [1.807, 2.05) is 12.1 Å². The molecule has 0 nitrogen and oxygen atoms in total. The molecule has 0 saturated carbocycles. The van der Waals surface area contributed by atoms with Crippen molar-refractivity contribution < 1.29 is 49.0 Å². The Kier molecular flexibility index (Phi) is 12.9. The van der Waals surface area contributed by atoms with E-state index < -0.39 is 0 Å². The van der Waals surface area contributed by atoms with Crippen LogP contribution in [0.3, 0.4) is 0 Å². The van der Waals surface area contributed by atoms with Crippen molar-refractivity contribution in [3.8, 4) is 11.1 Å². The maximum Gasteiger partial charge on any atom is -0.0253 e. The van der Waals surface area contributed by atoms with Gasteiger partial charge in [0.25, 0.3) is 0 Å². The summed E-state index contributed by atoms with van der Waals surface area (Å²) in [5.74, 6) is 0.491. The third kappa shape index (κ3) is 8.37. The Bertz CT molecular complexity index is 1200. The fourth-order valence-corrected chi connectivity index (χ4v) is 5.14. The summed E-state index contributed by atoms with van der Waals surface area (Å²) in [4.78, 5) is 0. The summed E-state index contributed by atoms with van der Waals surface area (Å²) in [5.41, 5.74) is 9.47. The molecule has 1 unspecified atom stereocenters. The van der Waals surface area contributed by atoms with Crippen LogP contribution in [0.25, 0.3) is 16.7 Å². The van der Waals surface area contributed by atoms with E-state index in [2.05, 4.69) is 112 Å². The summed E-state index contributed by atoms with van der Waals surface area (Å²) in [5, 5.41) is 4.26. The van der Waals surface area contributed by atoms with Crippen molar-refractivity contribution in [3.63, 3.8) is 0 Å². The van der Waals surface area contributed by atoms with Gasteiger partial charge in [-0.25, -0.2) is 0 Å². The molecule has 0 N–H and O–H groups in total. The second-order valence-corrected chi connectivity index (χ2v) is 9.79. The Balaban J connectivity index is 0.000000183. The molecule has 1 aromatic heterocycles. The van der Waals surface area contributed by atoms with E-state index in [0.29, 0.717) is 5.92 Å². The number of fused-ring (bicyclic) bond motifs is 3. The third-order valence-electron chi connectivity index (χ3n) is 5.56. The van der Waals surface area contributed by atoms with Gasteiger partial charge >= 0.3 is 70.3 Å². The van der Waals surface area contributed by atoms with Gasteiger partial charge in [0.2, 0.25) is 0 Å². The van der Waals surface area contributed by atoms with Crippen LogP contribution in [0.4, 0.5) is 0 Å². The summed E-state index contributed by atoms with van der Waals surface area (Å²) in [6, 6.07) is 30.8. The molecule has 0 radical (unpaired) electrons. The van der Waals surface area contributed by atoms with Gasteiger partial charge in [0.15, 0.2) is 0 Å². The monoisotopic (exact) mass is 590 g/mol. The average molecular weight is 593 g/mol. The van der Waals surface area contributed by atoms with E-state index in [1.165, 1.54) is 63.2 Å². The van der Waals surface area contributed by atoms with E-state index in [4.69, 9.17) is 0 Å². The van der Waals surface area contributed by atoms with Crippen LogP contribution in [-0.2, 0) is 37.1 Å². The molecule has 2 aliphatic rings. The zero-order valence-corrected chi connectivity index (χ0v) is 24.3. The van der Waals surface area contributed by atoms with Crippen LogP contribution in [-0.4, -0.2) is 3.71 Å². The minimum Gasteiger partial charge on any atom is -0.179 e. The zero-order valence-electron chi connectivity index (χ0n) is 19.5. The van der Waals surface area contributed by atoms with Crippen LogP contribution in [0.2, 0.25) is 0 Å². The fraction of sp³-hybridized carbons (Fsp3) is 0.129. The smallest absolute Gasteiger partial charge is 0.0253 e. The average Bonchev–Trinajstić information content (AvgIpc) is 3.60. The third-order valence-corrected chi connectivity index (χ3v) is 6.75. The second kappa shape index (κ2) is 15.3. The molecule has 1 atom stereocenters. The number of hydrogen-bond donors (Lipinski definition) is 0. The van der Waals surface area contributed by atoms with E-state index in [1.54, 1.807) is 11.3 Å². The molecule has 0 amide bonds. The van der Waals surface area contributed by atoms with Gasteiger partial charge in [-0.05, 0) is 11.8 Å². The van der Waals surface area contributed by atoms with E-state index >= 15 is 0 Å². The predicted molar refractivity (Wildman–Crippen MR) is 139 cm³/mol. The minimum absolute atomic E-state index is 0. The van der Waals surface area contributed by atoms with Gasteiger partial charge < -0.3 is 24.8 Å². The predicted octanol–water partition coefficient (Wildman–Crippen LogP) is 1.78. The summed E-state index contributed by atoms with van der Waals surface area (Å²) in [7, 11) is 0. The Labute approximate surface area is 241 Å². The molecule has 1 heterocycles. The van der Waals surface area contributed by atoms with Crippen molar-refractivity contribution in [2.45, 2.75) is 19.8 Å². The summed E-state index contributed by atoms with van der Waals surface area (Å²) in [6.45, 7) is 2.15. The number of allylic oxidation sites excluding steroid dienone is 4. The van der Waals surface area contributed by atoms with Crippen molar-refractivity contribution >= 4 is 20.6 Å². The number of thiophene rings is 1.